The number of aromatic nitrogens is 5. The number of aromatic amines is 1. The maximum atomic E-state index is 14.2. The van der Waals surface area contributed by atoms with Crippen LogP contribution >= 0.6 is 0 Å². The number of H-pyrrole nitrogens is 1. The summed E-state index contributed by atoms with van der Waals surface area (Å²) in [5.41, 5.74) is 5.38. The number of hydrogen-bond donors (Lipinski definition) is 1. The van der Waals surface area contributed by atoms with Gasteiger partial charge in [-0.2, -0.15) is 10.2 Å². The Bertz CT molecular complexity index is 1160. The van der Waals surface area contributed by atoms with Gasteiger partial charge in [0.15, 0.2) is 0 Å². The average molecular weight is 389 g/mol. The van der Waals surface area contributed by atoms with E-state index in [1.807, 2.05) is 0 Å². The fourth-order valence-corrected chi connectivity index (χ4v) is 4.27. The number of nitrogens with zero attached hydrogens (tertiary/aromatic N) is 5. The van der Waals surface area contributed by atoms with Gasteiger partial charge in [0, 0.05) is 12.6 Å². The quantitative estimate of drug-likeness (QED) is 0.570. The second kappa shape index (κ2) is 6.40. The Morgan fingerprint density at radius 2 is 1.90 bits per heavy atom. The van der Waals surface area contributed by atoms with E-state index in [9.17, 15) is 4.39 Å². The van der Waals surface area contributed by atoms with Gasteiger partial charge in [-0.15, -0.1) is 4.80 Å². The Balaban J connectivity index is 1.65. The molecule has 4 aromatic rings. The van der Waals surface area contributed by atoms with Crippen LogP contribution in [0.2, 0.25) is 0 Å². The van der Waals surface area contributed by atoms with Crippen LogP contribution in [0.1, 0.15) is 36.7 Å². The molecule has 1 radical (unpaired) electrons. The third-order valence-electron chi connectivity index (χ3n) is 6.02. The molecule has 1 fully saturated rings. The van der Waals surface area contributed by atoms with Crippen molar-refractivity contribution in [2.75, 3.05) is 11.4 Å². The summed E-state index contributed by atoms with van der Waals surface area (Å²) in [6.45, 7) is 7.14. The predicted molar refractivity (Wildman–Crippen MR) is 110 cm³/mol. The summed E-state index contributed by atoms with van der Waals surface area (Å²) in [5.74, 6) is 0.555. The Morgan fingerprint density at radius 3 is 2.69 bits per heavy atom. The Hall–Kier alpha value is -3.22. The standard InChI is InChI=1S/C22H22FN6/c1-14-11-17-18(12-15(14)2)27-21(26-17)22(3)7-4-10-28(22)20-13-16(23)5-6-19(20)29-24-8-9-25-29/h5,8-9,11-13H,4,7,10H2,1-3H3,(H,26,27)/t22-/m0/s1. The van der Waals surface area contributed by atoms with Gasteiger partial charge in [0.25, 0.3) is 0 Å². The van der Waals surface area contributed by atoms with Gasteiger partial charge in [-0.25, -0.2) is 9.37 Å². The number of aryl methyl sites for hydroxylation is 2. The van der Waals surface area contributed by atoms with Gasteiger partial charge < -0.3 is 9.88 Å². The fourth-order valence-electron chi connectivity index (χ4n) is 4.27. The summed E-state index contributed by atoms with van der Waals surface area (Å²) in [4.78, 5) is 12.1. The number of rotatable bonds is 3. The summed E-state index contributed by atoms with van der Waals surface area (Å²) in [6, 6.07) is 10.1. The summed E-state index contributed by atoms with van der Waals surface area (Å²) in [5, 5.41) is 8.45. The number of imidazole rings is 1. The molecule has 2 aromatic carbocycles. The normalized spacial score (nSPS) is 19.4. The molecule has 1 aliphatic rings. The van der Waals surface area contributed by atoms with Crippen LogP contribution in [0.4, 0.5) is 10.1 Å². The summed E-state index contributed by atoms with van der Waals surface area (Å²) in [6.07, 6.45) is 5.10. The molecule has 1 aliphatic heterocycles. The molecule has 6 nitrogen and oxygen atoms in total. The molecular formula is C22H22FN6. The zero-order chi connectivity index (χ0) is 20.2. The molecule has 29 heavy (non-hydrogen) atoms. The number of nitrogens with one attached hydrogen (secondary N) is 1. The maximum absolute atomic E-state index is 14.2. The molecule has 147 valence electrons. The molecule has 3 heterocycles. The monoisotopic (exact) mass is 389 g/mol. The second-order valence-electron chi connectivity index (χ2n) is 7.94. The summed E-state index contributed by atoms with van der Waals surface area (Å²) >= 11 is 0. The largest absolute Gasteiger partial charge is 0.357 e. The first-order chi connectivity index (χ1) is 14.0. The van der Waals surface area contributed by atoms with Crippen molar-refractivity contribution in [3.05, 3.63) is 65.5 Å². The smallest absolute Gasteiger partial charge is 0.132 e. The fraction of sp³-hybridized carbons (Fsp3) is 0.318. The Morgan fingerprint density at radius 1 is 1.14 bits per heavy atom. The van der Waals surface area contributed by atoms with Crippen molar-refractivity contribution in [2.45, 2.75) is 39.2 Å². The van der Waals surface area contributed by atoms with Crippen LogP contribution in [-0.2, 0) is 5.54 Å². The molecule has 7 heteroatoms. The molecule has 0 bridgehead atoms. The van der Waals surface area contributed by atoms with Crippen LogP contribution in [0, 0.1) is 25.7 Å². The van der Waals surface area contributed by atoms with Crippen molar-refractivity contribution in [3.63, 3.8) is 0 Å². The minimum atomic E-state index is -0.398. The van der Waals surface area contributed by atoms with Crippen LogP contribution < -0.4 is 4.90 Å². The van der Waals surface area contributed by atoms with Crippen molar-refractivity contribution in [2.24, 2.45) is 0 Å². The summed E-state index contributed by atoms with van der Waals surface area (Å²) in [7, 11) is 0. The maximum Gasteiger partial charge on any atom is 0.132 e. The van der Waals surface area contributed by atoms with Gasteiger partial charge in [0.1, 0.15) is 17.3 Å². The molecule has 0 saturated carbocycles. The van der Waals surface area contributed by atoms with Crippen LogP contribution in [0.5, 0.6) is 0 Å². The van der Waals surface area contributed by atoms with Gasteiger partial charge in [-0.3, -0.25) is 0 Å². The second-order valence-corrected chi connectivity index (χ2v) is 7.94. The molecule has 5 rings (SSSR count). The summed E-state index contributed by atoms with van der Waals surface area (Å²) < 4.78 is 14.2. The number of anilines is 1. The highest BCUT2D eigenvalue weighted by Gasteiger charge is 2.42. The third-order valence-corrected chi connectivity index (χ3v) is 6.02. The zero-order valence-corrected chi connectivity index (χ0v) is 16.7. The highest BCUT2D eigenvalue weighted by Crippen LogP contribution is 2.43. The molecule has 1 saturated heterocycles. The molecule has 0 aliphatic carbocycles. The lowest BCUT2D eigenvalue weighted by molar-refractivity contribution is 0.465. The predicted octanol–water partition coefficient (Wildman–Crippen LogP) is 4.22. The topological polar surface area (TPSA) is 62.6 Å². The zero-order valence-electron chi connectivity index (χ0n) is 16.7. The highest BCUT2D eigenvalue weighted by molar-refractivity contribution is 5.77. The van der Waals surface area contributed by atoms with Crippen molar-refractivity contribution >= 4 is 16.7 Å². The first-order valence-electron chi connectivity index (χ1n) is 9.79. The molecule has 0 spiro atoms. The van der Waals surface area contributed by atoms with E-state index in [-0.39, 0.29) is 5.82 Å². The van der Waals surface area contributed by atoms with E-state index in [0.717, 1.165) is 36.2 Å². The van der Waals surface area contributed by atoms with Crippen molar-refractivity contribution in [1.29, 1.82) is 0 Å². The van der Waals surface area contributed by atoms with Crippen LogP contribution in [0.3, 0.4) is 0 Å². The number of halogens is 1. The SMILES string of the molecule is Cc1cc2nc([C@]3(C)CCCN3c3cc(F)c[c]c3-n3nccn3)[nH]c2cc1C. The Kier molecular flexibility index (Phi) is 3.94. The van der Waals surface area contributed by atoms with Crippen molar-refractivity contribution in [1.82, 2.24) is 25.0 Å². The van der Waals surface area contributed by atoms with E-state index < -0.39 is 5.54 Å². The molecule has 1 N–H and O–H groups in total. The molecular weight excluding hydrogens is 367 g/mol. The van der Waals surface area contributed by atoms with Crippen molar-refractivity contribution < 1.29 is 4.39 Å². The lowest BCUT2D eigenvalue weighted by Gasteiger charge is -2.36. The van der Waals surface area contributed by atoms with Gasteiger partial charge in [0.2, 0.25) is 0 Å². The van der Waals surface area contributed by atoms with Crippen LogP contribution in [0.25, 0.3) is 16.7 Å². The number of hydrogen-bond acceptors (Lipinski definition) is 4. The third kappa shape index (κ3) is 2.80. The molecule has 0 unspecified atom stereocenters. The van der Waals surface area contributed by atoms with Gasteiger partial charge >= 0.3 is 0 Å². The van der Waals surface area contributed by atoms with E-state index in [1.165, 1.54) is 28.1 Å². The van der Waals surface area contributed by atoms with E-state index in [4.69, 9.17) is 4.98 Å². The lowest BCUT2D eigenvalue weighted by Crippen LogP contribution is -2.40. The minimum absolute atomic E-state index is 0.332. The number of fused-ring (bicyclic) bond motifs is 1. The van der Waals surface area contributed by atoms with E-state index in [2.05, 4.69) is 59.1 Å². The molecule has 1 atom stereocenters. The van der Waals surface area contributed by atoms with E-state index in [1.54, 1.807) is 12.4 Å². The first kappa shape index (κ1) is 17.8. The molecule has 0 amide bonds. The average Bonchev–Trinajstić information content (AvgIpc) is 3.42. The lowest BCUT2D eigenvalue weighted by atomic mass is 9.97. The van der Waals surface area contributed by atoms with Gasteiger partial charge in [0.05, 0.1) is 34.7 Å². The van der Waals surface area contributed by atoms with E-state index in [0.29, 0.717) is 11.4 Å². The van der Waals surface area contributed by atoms with E-state index >= 15 is 0 Å². The number of benzene rings is 2. The molecule has 2 aromatic heterocycles. The van der Waals surface area contributed by atoms with Crippen molar-refractivity contribution in [3.8, 4) is 5.69 Å². The van der Waals surface area contributed by atoms with Gasteiger partial charge in [-0.05, 0) is 69.0 Å². The highest BCUT2D eigenvalue weighted by atomic mass is 19.1. The van der Waals surface area contributed by atoms with Gasteiger partial charge in [-0.1, -0.05) is 0 Å². The first-order valence-corrected chi connectivity index (χ1v) is 9.79. The Labute approximate surface area is 168 Å². The minimum Gasteiger partial charge on any atom is -0.357 e. The van der Waals surface area contributed by atoms with Crippen LogP contribution in [-0.4, -0.2) is 31.5 Å². The van der Waals surface area contributed by atoms with Crippen LogP contribution in [0.15, 0.2) is 36.7 Å².